The number of hydrogen-bond acceptors (Lipinski definition) is 3. The Balaban J connectivity index is 1.90. The molecule has 0 saturated carbocycles. The van der Waals surface area contributed by atoms with Gasteiger partial charge >= 0.3 is 12.1 Å². The minimum Gasteiger partial charge on any atom is -0.481 e. The van der Waals surface area contributed by atoms with E-state index in [1.165, 1.54) is 35.0 Å². The standard InChI is InChI=1S/C22H17ClF5NO3/c1-2-31-20(30)11-13-9-17(24)21(18(25)10-13)32-12-19-16(22(26,27)28)7-8-29(19)15-5-3-14(23)4-6-15/h3-10H,2,11-12H2,1H3. The van der Waals surface area contributed by atoms with Crippen LogP contribution in [-0.2, 0) is 28.7 Å². The number of aromatic nitrogens is 1. The lowest BCUT2D eigenvalue weighted by Crippen LogP contribution is -2.13. The third kappa shape index (κ3) is 5.40. The Morgan fingerprint density at radius 3 is 2.25 bits per heavy atom. The molecule has 3 aromatic rings. The molecule has 4 nitrogen and oxygen atoms in total. The van der Waals surface area contributed by atoms with E-state index in [1.54, 1.807) is 6.92 Å². The van der Waals surface area contributed by atoms with Crippen molar-refractivity contribution in [2.45, 2.75) is 26.1 Å². The van der Waals surface area contributed by atoms with Crippen molar-refractivity contribution in [3.63, 3.8) is 0 Å². The molecule has 3 rings (SSSR count). The summed E-state index contributed by atoms with van der Waals surface area (Å²) in [6.45, 7) is 0.931. The number of carbonyl (C=O) groups is 1. The molecule has 0 fully saturated rings. The van der Waals surface area contributed by atoms with Crippen LogP contribution in [-0.4, -0.2) is 17.1 Å². The summed E-state index contributed by atoms with van der Waals surface area (Å²) in [7, 11) is 0. The molecular weight excluding hydrogens is 457 g/mol. The predicted molar refractivity (Wildman–Crippen MR) is 107 cm³/mol. The summed E-state index contributed by atoms with van der Waals surface area (Å²) in [5.41, 5.74) is -0.998. The fourth-order valence-corrected chi connectivity index (χ4v) is 3.21. The molecule has 0 N–H and O–H groups in total. The highest BCUT2D eigenvalue weighted by Gasteiger charge is 2.36. The van der Waals surface area contributed by atoms with E-state index >= 15 is 0 Å². The quantitative estimate of drug-likeness (QED) is 0.307. The predicted octanol–water partition coefficient (Wildman–Crippen LogP) is 6.11. The van der Waals surface area contributed by atoms with Gasteiger partial charge in [0.05, 0.1) is 24.3 Å². The van der Waals surface area contributed by atoms with Crippen LogP contribution in [0.3, 0.4) is 0 Å². The smallest absolute Gasteiger partial charge is 0.418 e. The van der Waals surface area contributed by atoms with Gasteiger partial charge in [0.25, 0.3) is 0 Å². The van der Waals surface area contributed by atoms with E-state index in [0.29, 0.717) is 10.7 Å². The topological polar surface area (TPSA) is 40.5 Å². The number of alkyl halides is 3. The van der Waals surface area contributed by atoms with E-state index in [-0.39, 0.29) is 24.3 Å². The van der Waals surface area contributed by atoms with Crippen molar-refractivity contribution in [2.75, 3.05) is 6.61 Å². The SMILES string of the molecule is CCOC(=O)Cc1cc(F)c(OCc2c(C(F)(F)F)ccn2-c2ccc(Cl)cc2)c(F)c1. The molecule has 1 heterocycles. The number of rotatable bonds is 7. The van der Waals surface area contributed by atoms with E-state index in [9.17, 15) is 26.7 Å². The summed E-state index contributed by atoms with van der Waals surface area (Å²) in [6, 6.07) is 8.58. The number of hydrogen-bond donors (Lipinski definition) is 0. The lowest BCUT2D eigenvalue weighted by atomic mass is 10.1. The number of halogens is 6. The summed E-state index contributed by atoms with van der Waals surface area (Å²) in [5.74, 6) is -3.82. The summed E-state index contributed by atoms with van der Waals surface area (Å²) in [6.07, 6.45) is -3.89. The monoisotopic (exact) mass is 473 g/mol. The number of carbonyl (C=O) groups excluding carboxylic acids is 1. The lowest BCUT2D eigenvalue weighted by molar-refractivity contribution is -0.142. The van der Waals surface area contributed by atoms with Gasteiger partial charge in [-0.2, -0.15) is 13.2 Å². The highest BCUT2D eigenvalue weighted by molar-refractivity contribution is 6.30. The normalized spacial score (nSPS) is 11.5. The Bertz CT molecular complexity index is 1090. The average Bonchev–Trinajstić information content (AvgIpc) is 3.12. The van der Waals surface area contributed by atoms with Crippen LogP contribution in [0.4, 0.5) is 22.0 Å². The van der Waals surface area contributed by atoms with Crippen molar-refractivity contribution < 1.29 is 36.2 Å². The zero-order valence-corrected chi connectivity index (χ0v) is 17.4. The van der Waals surface area contributed by atoms with Crippen LogP contribution in [0.25, 0.3) is 5.69 Å². The van der Waals surface area contributed by atoms with Gasteiger partial charge in [0.2, 0.25) is 0 Å². The average molecular weight is 474 g/mol. The molecule has 0 saturated heterocycles. The van der Waals surface area contributed by atoms with Crippen LogP contribution in [0.15, 0.2) is 48.7 Å². The van der Waals surface area contributed by atoms with Crippen LogP contribution in [0.1, 0.15) is 23.7 Å². The number of ether oxygens (including phenoxy) is 2. The molecule has 0 aliphatic rings. The second-order valence-corrected chi connectivity index (χ2v) is 7.12. The summed E-state index contributed by atoms with van der Waals surface area (Å²) in [5, 5.41) is 0.391. The van der Waals surface area contributed by atoms with E-state index in [2.05, 4.69) is 0 Å². The van der Waals surface area contributed by atoms with Gasteiger partial charge in [0.1, 0.15) is 6.61 Å². The maximum Gasteiger partial charge on any atom is 0.418 e. The van der Waals surface area contributed by atoms with Crippen molar-refractivity contribution in [2.24, 2.45) is 0 Å². The molecule has 10 heteroatoms. The molecule has 2 aromatic carbocycles. The first kappa shape index (κ1) is 23.6. The van der Waals surface area contributed by atoms with Gasteiger partial charge < -0.3 is 14.0 Å². The van der Waals surface area contributed by atoms with E-state index in [0.717, 1.165) is 18.2 Å². The number of benzene rings is 2. The third-order valence-corrected chi connectivity index (χ3v) is 4.72. The van der Waals surface area contributed by atoms with Crippen molar-refractivity contribution in [1.29, 1.82) is 0 Å². The Morgan fingerprint density at radius 1 is 1.06 bits per heavy atom. The van der Waals surface area contributed by atoms with E-state index in [1.807, 2.05) is 0 Å². The van der Waals surface area contributed by atoms with E-state index < -0.39 is 41.7 Å². The summed E-state index contributed by atoms with van der Waals surface area (Å²) < 4.78 is 80.3. The van der Waals surface area contributed by atoms with Gasteiger partial charge in [-0.25, -0.2) is 8.78 Å². The zero-order valence-electron chi connectivity index (χ0n) is 16.7. The largest absolute Gasteiger partial charge is 0.481 e. The van der Waals surface area contributed by atoms with Crippen molar-refractivity contribution in [3.8, 4) is 11.4 Å². The molecule has 1 aromatic heterocycles. The first-order valence-electron chi connectivity index (χ1n) is 9.39. The molecule has 0 spiro atoms. The highest BCUT2D eigenvalue weighted by atomic mass is 35.5. The first-order valence-corrected chi connectivity index (χ1v) is 9.77. The molecular formula is C22H17ClF5NO3. The lowest BCUT2D eigenvalue weighted by Gasteiger charge is -2.15. The molecule has 0 aliphatic heterocycles. The molecule has 0 bridgehead atoms. The minimum atomic E-state index is -4.71. The molecule has 170 valence electrons. The maximum atomic E-state index is 14.4. The van der Waals surface area contributed by atoms with Crippen LogP contribution in [0, 0.1) is 11.6 Å². The first-order chi connectivity index (χ1) is 15.1. The van der Waals surface area contributed by atoms with Gasteiger partial charge in [-0.3, -0.25) is 4.79 Å². The fourth-order valence-electron chi connectivity index (χ4n) is 3.09. The molecule has 32 heavy (non-hydrogen) atoms. The van der Waals surface area contributed by atoms with E-state index in [4.69, 9.17) is 21.1 Å². The van der Waals surface area contributed by atoms with Crippen molar-refractivity contribution >= 4 is 17.6 Å². The van der Waals surface area contributed by atoms with Crippen LogP contribution < -0.4 is 4.74 Å². The van der Waals surface area contributed by atoms with Crippen molar-refractivity contribution in [1.82, 2.24) is 4.57 Å². The van der Waals surface area contributed by atoms with Gasteiger partial charge in [0.15, 0.2) is 17.4 Å². The minimum absolute atomic E-state index is 0.00585. The second kappa shape index (κ2) is 9.60. The van der Waals surface area contributed by atoms with Crippen molar-refractivity contribution in [3.05, 3.63) is 82.1 Å². The summed E-state index contributed by atoms with van der Waals surface area (Å²) >= 11 is 5.83. The number of esters is 1. The molecule has 0 atom stereocenters. The van der Waals surface area contributed by atoms with Crippen LogP contribution in [0.5, 0.6) is 5.75 Å². The zero-order chi connectivity index (χ0) is 23.5. The van der Waals surface area contributed by atoms with Crippen LogP contribution >= 0.6 is 11.6 Å². The fraction of sp³-hybridized carbons (Fsp3) is 0.227. The third-order valence-electron chi connectivity index (χ3n) is 4.47. The Hall–Kier alpha value is -3.07. The molecule has 0 radical (unpaired) electrons. The Kier molecular flexibility index (Phi) is 7.08. The van der Waals surface area contributed by atoms with Gasteiger partial charge in [-0.15, -0.1) is 0 Å². The number of nitrogens with zero attached hydrogens (tertiary/aromatic N) is 1. The Labute approximate surface area is 185 Å². The van der Waals surface area contributed by atoms with Gasteiger partial charge in [-0.1, -0.05) is 11.6 Å². The van der Waals surface area contributed by atoms with Gasteiger partial charge in [0, 0.05) is 16.9 Å². The van der Waals surface area contributed by atoms with Gasteiger partial charge in [-0.05, 0) is 55.0 Å². The van der Waals surface area contributed by atoms with Crippen LogP contribution in [0.2, 0.25) is 5.02 Å². The second-order valence-electron chi connectivity index (χ2n) is 6.68. The molecule has 0 unspecified atom stereocenters. The maximum absolute atomic E-state index is 14.4. The Morgan fingerprint density at radius 2 is 1.69 bits per heavy atom. The summed E-state index contributed by atoms with van der Waals surface area (Å²) in [4.78, 5) is 11.5. The molecule has 0 amide bonds. The highest BCUT2D eigenvalue weighted by Crippen LogP contribution is 2.35. The molecule has 0 aliphatic carbocycles.